The van der Waals surface area contributed by atoms with Crippen LogP contribution in [0, 0.1) is 0 Å². The highest BCUT2D eigenvalue weighted by Crippen LogP contribution is 2.21. The molecule has 0 amide bonds. The van der Waals surface area contributed by atoms with E-state index in [0.717, 1.165) is 5.39 Å². The Morgan fingerprint density at radius 1 is 1.40 bits per heavy atom. The molecular weight excluding hydrogens is 214 g/mol. The van der Waals surface area contributed by atoms with E-state index in [1.165, 1.54) is 7.11 Å². The maximum atomic E-state index is 11.4. The maximum Gasteiger partial charge on any atom is 0.357 e. The largest absolute Gasteiger partial charge is 0.464 e. The highest BCUT2D eigenvalue weighted by molar-refractivity contribution is 6.31. The molecule has 0 N–H and O–H groups in total. The average molecular weight is 222 g/mol. The van der Waals surface area contributed by atoms with Crippen LogP contribution in [0.5, 0.6) is 0 Å². The van der Waals surface area contributed by atoms with E-state index in [-0.39, 0.29) is 5.69 Å². The maximum absolute atomic E-state index is 11.4. The number of fused-ring (bicyclic) bond motifs is 1. The van der Waals surface area contributed by atoms with E-state index in [1.807, 2.05) is 12.1 Å². The van der Waals surface area contributed by atoms with Crippen LogP contribution in [-0.4, -0.2) is 18.1 Å². The lowest BCUT2D eigenvalue weighted by Gasteiger charge is -2.03. The van der Waals surface area contributed by atoms with Crippen LogP contribution in [0.25, 0.3) is 10.8 Å². The number of benzene rings is 1. The normalized spacial score (nSPS) is 10.3. The summed E-state index contributed by atoms with van der Waals surface area (Å²) >= 11 is 5.86. The van der Waals surface area contributed by atoms with E-state index >= 15 is 0 Å². The minimum absolute atomic E-state index is 0.289. The van der Waals surface area contributed by atoms with Gasteiger partial charge in [-0.2, -0.15) is 0 Å². The van der Waals surface area contributed by atoms with Crippen LogP contribution < -0.4 is 0 Å². The summed E-state index contributed by atoms with van der Waals surface area (Å²) < 4.78 is 4.64. The fourth-order valence-electron chi connectivity index (χ4n) is 1.40. The number of esters is 1. The zero-order valence-electron chi connectivity index (χ0n) is 8.03. The van der Waals surface area contributed by atoms with E-state index in [9.17, 15) is 4.79 Å². The summed E-state index contributed by atoms with van der Waals surface area (Å²) in [6.07, 6.45) is 1.57. The zero-order chi connectivity index (χ0) is 10.8. The summed E-state index contributed by atoms with van der Waals surface area (Å²) in [6, 6.07) is 7.13. The van der Waals surface area contributed by atoms with Crippen molar-refractivity contribution in [2.24, 2.45) is 0 Å². The van der Waals surface area contributed by atoms with Gasteiger partial charge in [0.1, 0.15) is 0 Å². The van der Waals surface area contributed by atoms with E-state index in [0.29, 0.717) is 10.4 Å². The minimum atomic E-state index is -0.456. The third-order valence-electron chi connectivity index (χ3n) is 2.11. The molecule has 0 saturated heterocycles. The standard InChI is InChI=1S/C11H8ClNO2/c1-15-11(14)10-9-6-8(12)3-2-7(9)4-5-13-10/h2-6H,1H3. The molecule has 0 radical (unpaired) electrons. The topological polar surface area (TPSA) is 39.2 Å². The lowest BCUT2D eigenvalue weighted by molar-refractivity contribution is 0.0596. The fourth-order valence-corrected chi connectivity index (χ4v) is 1.57. The first-order chi connectivity index (χ1) is 7.22. The first-order valence-electron chi connectivity index (χ1n) is 4.35. The molecular formula is C11H8ClNO2. The van der Waals surface area contributed by atoms with Gasteiger partial charge in [0.05, 0.1) is 7.11 Å². The van der Waals surface area contributed by atoms with Crippen LogP contribution in [0.2, 0.25) is 5.02 Å². The molecule has 0 aliphatic rings. The van der Waals surface area contributed by atoms with Crippen LogP contribution in [0.3, 0.4) is 0 Å². The Morgan fingerprint density at radius 3 is 2.93 bits per heavy atom. The molecule has 0 saturated carbocycles. The molecule has 0 fully saturated rings. The first kappa shape index (κ1) is 9.93. The van der Waals surface area contributed by atoms with Crippen molar-refractivity contribution in [3.05, 3.63) is 41.2 Å². The lowest BCUT2D eigenvalue weighted by Crippen LogP contribution is -2.04. The number of methoxy groups -OCH3 is 1. The molecule has 0 unspecified atom stereocenters. The summed E-state index contributed by atoms with van der Waals surface area (Å²) in [6.45, 7) is 0. The number of pyridine rings is 1. The van der Waals surface area contributed by atoms with Crippen LogP contribution >= 0.6 is 11.6 Å². The number of aromatic nitrogens is 1. The van der Waals surface area contributed by atoms with Crippen molar-refractivity contribution in [1.29, 1.82) is 0 Å². The van der Waals surface area contributed by atoms with Crippen molar-refractivity contribution in [1.82, 2.24) is 4.98 Å². The molecule has 1 aromatic carbocycles. The SMILES string of the molecule is COC(=O)c1nccc2ccc(Cl)cc12. The predicted octanol–water partition coefficient (Wildman–Crippen LogP) is 2.67. The van der Waals surface area contributed by atoms with E-state index in [4.69, 9.17) is 11.6 Å². The molecule has 0 aliphatic heterocycles. The Morgan fingerprint density at radius 2 is 2.20 bits per heavy atom. The number of rotatable bonds is 1. The van der Waals surface area contributed by atoms with Crippen LogP contribution in [0.4, 0.5) is 0 Å². The highest BCUT2D eigenvalue weighted by atomic mass is 35.5. The van der Waals surface area contributed by atoms with E-state index < -0.39 is 5.97 Å². The summed E-state index contributed by atoms with van der Waals surface area (Å²) in [7, 11) is 1.33. The predicted molar refractivity (Wildman–Crippen MR) is 58.1 cm³/mol. The number of nitrogens with zero attached hydrogens (tertiary/aromatic N) is 1. The Kier molecular flexibility index (Phi) is 2.56. The second-order valence-electron chi connectivity index (χ2n) is 3.02. The average Bonchev–Trinajstić information content (AvgIpc) is 2.27. The van der Waals surface area contributed by atoms with Gasteiger partial charge in [0.25, 0.3) is 0 Å². The summed E-state index contributed by atoms with van der Waals surface area (Å²) in [5.41, 5.74) is 0.289. The first-order valence-corrected chi connectivity index (χ1v) is 4.73. The molecule has 15 heavy (non-hydrogen) atoms. The van der Waals surface area contributed by atoms with Gasteiger partial charge in [-0.3, -0.25) is 0 Å². The molecule has 0 spiro atoms. The molecule has 0 atom stereocenters. The van der Waals surface area contributed by atoms with Gasteiger partial charge in [-0.15, -0.1) is 0 Å². The van der Waals surface area contributed by atoms with Crippen molar-refractivity contribution >= 4 is 28.3 Å². The molecule has 3 nitrogen and oxygen atoms in total. The summed E-state index contributed by atoms with van der Waals surface area (Å²) in [5, 5.41) is 2.19. The molecule has 4 heteroatoms. The van der Waals surface area contributed by atoms with Gasteiger partial charge < -0.3 is 4.74 Å². The third kappa shape index (κ3) is 1.78. The van der Waals surface area contributed by atoms with Crippen LogP contribution in [0.1, 0.15) is 10.5 Å². The second kappa shape index (κ2) is 3.87. The van der Waals surface area contributed by atoms with Crippen LogP contribution in [0.15, 0.2) is 30.5 Å². The van der Waals surface area contributed by atoms with Gasteiger partial charge in [0.15, 0.2) is 5.69 Å². The van der Waals surface area contributed by atoms with Crippen molar-refractivity contribution in [3.63, 3.8) is 0 Å². The van der Waals surface area contributed by atoms with Gasteiger partial charge in [-0.25, -0.2) is 9.78 Å². The molecule has 1 heterocycles. The number of hydrogen-bond donors (Lipinski definition) is 0. The highest BCUT2D eigenvalue weighted by Gasteiger charge is 2.11. The molecule has 2 rings (SSSR count). The smallest absolute Gasteiger partial charge is 0.357 e. The van der Waals surface area contributed by atoms with Crippen molar-refractivity contribution < 1.29 is 9.53 Å². The second-order valence-corrected chi connectivity index (χ2v) is 3.45. The Labute approximate surface area is 91.6 Å². The number of carbonyl (C=O) groups is 1. The van der Waals surface area contributed by atoms with Gasteiger partial charge >= 0.3 is 5.97 Å². The minimum Gasteiger partial charge on any atom is -0.464 e. The molecule has 0 bridgehead atoms. The van der Waals surface area contributed by atoms with Gasteiger partial charge in [0, 0.05) is 16.6 Å². The number of halogens is 1. The Hall–Kier alpha value is -1.61. The number of carbonyl (C=O) groups excluding carboxylic acids is 1. The van der Waals surface area contributed by atoms with Crippen molar-refractivity contribution in [3.8, 4) is 0 Å². The number of ether oxygens (including phenoxy) is 1. The zero-order valence-corrected chi connectivity index (χ0v) is 8.78. The molecule has 2 aromatic rings. The molecule has 0 aliphatic carbocycles. The monoisotopic (exact) mass is 221 g/mol. The van der Waals surface area contributed by atoms with Gasteiger partial charge in [-0.1, -0.05) is 17.7 Å². The summed E-state index contributed by atoms with van der Waals surface area (Å²) in [4.78, 5) is 15.4. The van der Waals surface area contributed by atoms with Gasteiger partial charge in [0.2, 0.25) is 0 Å². The Balaban J connectivity index is 2.74. The van der Waals surface area contributed by atoms with Crippen LogP contribution in [-0.2, 0) is 4.74 Å². The molecule has 1 aromatic heterocycles. The molecule has 76 valence electrons. The van der Waals surface area contributed by atoms with Gasteiger partial charge in [-0.05, 0) is 23.6 Å². The number of hydrogen-bond acceptors (Lipinski definition) is 3. The van der Waals surface area contributed by atoms with Crippen molar-refractivity contribution in [2.45, 2.75) is 0 Å². The third-order valence-corrected chi connectivity index (χ3v) is 2.34. The fraction of sp³-hybridized carbons (Fsp3) is 0.0909. The van der Waals surface area contributed by atoms with Crippen molar-refractivity contribution in [2.75, 3.05) is 7.11 Å². The summed E-state index contributed by atoms with van der Waals surface area (Å²) in [5.74, 6) is -0.456. The lowest BCUT2D eigenvalue weighted by atomic mass is 10.1. The van der Waals surface area contributed by atoms with E-state index in [2.05, 4.69) is 9.72 Å². The Bertz CT molecular complexity index is 525. The quantitative estimate of drug-likeness (QED) is 0.695. The van der Waals surface area contributed by atoms with E-state index in [1.54, 1.807) is 18.3 Å².